The average Bonchev–Trinajstić information content (AvgIpc) is 2.87. The summed E-state index contributed by atoms with van der Waals surface area (Å²) in [6.45, 7) is 6.47. The zero-order chi connectivity index (χ0) is 24.4. The van der Waals surface area contributed by atoms with Gasteiger partial charge in [-0.05, 0) is 50.6 Å². The van der Waals surface area contributed by atoms with Crippen LogP contribution in [0.25, 0.3) is 0 Å². The second kappa shape index (κ2) is 7.35. The van der Waals surface area contributed by atoms with Crippen molar-refractivity contribution in [3.63, 3.8) is 0 Å². The second-order valence-electron chi connectivity index (χ2n) is 10.3. The predicted molar refractivity (Wildman–Crippen MR) is 131 cm³/mol. The Morgan fingerprint density at radius 3 is 1.71 bits per heavy atom. The van der Waals surface area contributed by atoms with E-state index in [1.807, 2.05) is 122 Å². The van der Waals surface area contributed by atoms with E-state index in [2.05, 4.69) is 0 Å². The normalized spacial score (nSPS) is 30.5. The van der Waals surface area contributed by atoms with Gasteiger partial charge < -0.3 is 19.3 Å². The Balaban J connectivity index is 1.53. The standard InChI is InChI=1S/C29H28N2O4/c1-27(2)19-30-25(32)24(35-22-17-11-6-12-18-22)29(30,20-13-7-4-8-14-20)28(3)23(26(33)31(27)28)34-21-15-9-5-10-16-21/h4-18,23-24H,19H2,1-3H3. The Bertz CT molecular complexity index is 1280. The van der Waals surface area contributed by atoms with Gasteiger partial charge in [-0.25, -0.2) is 0 Å². The Labute approximate surface area is 205 Å². The van der Waals surface area contributed by atoms with Crippen molar-refractivity contribution in [1.82, 2.24) is 9.80 Å². The molecule has 3 fully saturated rings. The molecule has 0 spiro atoms. The SMILES string of the molecule is CC1(C)CN2C(=O)C(Oc3ccccc3)C2(c2ccccc2)C2(C)C(Oc3ccccc3)C(=O)N12. The first kappa shape index (κ1) is 21.7. The molecule has 4 atom stereocenters. The molecule has 4 unspecified atom stereocenters. The largest absolute Gasteiger partial charge is 0.478 e. The first-order chi connectivity index (χ1) is 16.8. The summed E-state index contributed by atoms with van der Waals surface area (Å²) in [6, 6.07) is 28.7. The van der Waals surface area contributed by atoms with Crippen LogP contribution < -0.4 is 9.47 Å². The Hall–Kier alpha value is -3.80. The molecule has 0 radical (unpaired) electrons. The van der Waals surface area contributed by atoms with Crippen molar-refractivity contribution < 1.29 is 19.1 Å². The van der Waals surface area contributed by atoms with Crippen LogP contribution in [0, 0.1) is 0 Å². The first-order valence-corrected chi connectivity index (χ1v) is 12.0. The molecule has 0 bridgehead atoms. The van der Waals surface area contributed by atoms with Gasteiger partial charge in [0.15, 0.2) is 0 Å². The number of hydrogen-bond acceptors (Lipinski definition) is 4. The zero-order valence-electron chi connectivity index (χ0n) is 20.0. The highest BCUT2D eigenvalue weighted by Gasteiger charge is 2.85. The molecule has 3 aliphatic rings. The lowest BCUT2D eigenvalue weighted by Crippen LogP contribution is -2.98. The summed E-state index contributed by atoms with van der Waals surface area (Å²) in [4.78, 5) is 31.2. The van der Waals surface area contributed by atoms with E-state index in [0.717, 1.165) is 5.56 Å². The fraction of sp³-hybridized carbons (Fsp3) is 0.310. The molecule has 6 nitrogen and oxygen atoms in total. The lowest BCUT2D eigenvalue weighted by Gasteiger charge is -2.77. The van der Waals surface area contributed by atoms with Gasteiger partial charge in [0, 0.05) is 6.54 Å². The van der Waals surface area contributed by atoms with Crippen LogP contribution >= 0.6 is 0 Å². The molecule has 3 heterocycles. The maximum absolute atomic E-state index is 13.7. The molecule has 0 saturated carbocycles. The number of carbonyl (C=O) groups excluding carboxylic acids is 2. The molecule has 0 aliphatic carbocycles. The average molecular weight is 469 g/mol. The smallest absolute Gasteiger partial charge is 0.267 e. The molecule has 3 saturated heterocycles. The van der Waals surface area contributed by atoms with Gasteiger partial charge in [-0.3, -0.25) is 9.59 Å². The maximum Gasteiger partial charge on any atom is 0.267 e. The van der Waals surface area contributed by atoms with Gasteiger partial charge in [0.2, 0.25) is 12.2 Å². The van der Waals surface area contributed by atoms with Crippen molar-refractivity contribution in [2.24, 2.45) is 0 Å². The number of rotatable bonds is 5. The van der Waals surface area contributed by atoms with Gasteiger partial charge >= 0.3 is 0 Å². The molecular formula is C29H28N2O4. The van der Waals surface area contributed by atoms with Crippen LogP contribution in [-0.2, 0) is 15.1 Å². The number of piperazine rings is 1. The number of ether oxygens (including phenoxy) is 2. The van der Waals surface area contributed by atoms with Crippen LogP contribution in [0.4, 0.5) is 0 Å². The van der Waals surface area contributed by atoms with E-state index in [0.29, 0.717) is 18.0 Å². The lowest BCUT2D eigenvalue weighted by molar-refractivity contribution is -0.290. The van der Waals surface area contributed by atoms with E-state index in [9.17, 15) is 9.59 Å². The second-order valence-corrected chi connectivity index (χ2v) is 10.3. The van der Waals surface area contributed by atoms with Gasteiger partial charge in [0.1, 0.15) is 22.6 Å². The summed E-state index contributed by atoms with van der Waals surface area (Å²) < 4.78 is 12.8. The molecular weight excluding hydrogens is 440 g/mol. The van der Waals surface area contributed by atoms with Crippen LogP contribution in [0.15, 0.2) is 91.0 Å². The molecule has 6 rings (SSSR count). The summed E-state index contributed by atoms with van der Waals surface area (Å²) >= 11 is 0. The molecule has 0 aromatic heterocycles. The number of nitrogens with zero attached hydrogens (tertiary/aromatic N) is 2. The number of fused-ring (bicyclic) bond motifs is 3. The molecule has 0 N–H and O–H groups in total. The summed E-state index contributed by atoms with van der Waals surface area (Å²) in [7, 11) is 0. The summed E-state index contributed by atoms with van der Waals surface area (Å²) in [6.07, 6.45) is -1.58. The van der Waals surface area contributed by atoms with E-state index in [4.69, 9.17) is 9.47 Å². The van der Waals surface area contributed by atoms with Crippen molar-refractivity contribution in [1.29, 1.82) is 0 Å². The summed E-state index contributed by atoms with van der Waals surface area (Å²) in [5, 5.41) is 0. The quantitative estimate of drug-likeness (QED) is 0.531. The van der Waals surface area contributed by atoms with Crippen LogP contribution in [0.5, 0.6) is 11.5 Å². The highest BCUT2D eigenvalue weighted by Crippen LogP contribution is 2.63. The van der Waals surface area contributed by atoms with Crippen molar-refractivity contribution in [2.45, 2.75) is 49.6 Å². The number of carbonyl (C=O) groups is 2. The number of β-lactam (4-membered cyclic amide) rings is 2. The fourth-order valence-corrected chi connectivity index (χ4v) is 6.57. The zero-order valence-corrected chi connectivity index (χ0v) is 20.0. The van der Waals surface area contributed by atoms with Crippen molar-refractivity contribution in [2.75, 3.05) is 6.54 Å². The minimum atomic E-state index is -0.913. The van der Waals surface area contributed by atoms with E-state index in [1.165, 1.54) is 0 Å². The van der Waals surface area contributed by atoms with Gasteiger partial charge in [-0.15, -0.1) is 0 Å². The number of benzene rings is 3. The Morgan fingerprint density at radius 2 is 1.17 bits per heavy atom. The van der Waals surface area contributed by atoms with Gasteiger partial charge in [0.25, 0.3) is 11.8 Å². The van der Waals surface area contributed by atoms with Crippen LogP contribution in [-0.4, -0.2) is 51.4 Å². The topological polar surface area (TPSA) is 59.1 Å². The molecule has 35 heavy (non-hydrogen) atoms. The van der Waals surface area contributed by atoms with Crippen LogP contribution in [0.1, 0.15) is 26.3 Å². The van der Waals surface area contributed by atoms with Crippen molar-refractivity contribution >= 4 is 11.8 Å². The predicted octanol–water partition coefficient (Wildman–Crippen LogP) is 4.01. The van der Waals surface area contributed by atoms with E-state index >= 15 is 0 Å². The molecule has 178 valence electrons. The summed E-state index contributed by atoms with van der Waals surface area (Å²) in [5.41, 5.74) is -1.41. The number of hydrogen-bond donors (Lipinski definition) is 0. The van der Waals surface area contributed by atoms with Gasteiger partial charge in [-0.1, -0.05) is 66.7 Å². The first-order valence-electron chi connectivity index (χ1n) is 12.0. The van der Waals surface area contributed by atoms with E-state index in [1.54, 1.807) is 0 Å². The number of amides is 2. The van der Waals surface area contributed by atoms with Gasteiger partial charge in [0.05, 0.1) is 5.54 Å². The van der Waals surface area contributed by atoms with E-state index < -0.39 is 28.8 Å². The highest BCUT2D eigenvalue weighted by atomic mass is 16.5. The third-order valence-corrected chi connectivity index (χ3v) is 7.85. The Morgan fingerprint density at radius 1 is 0.686 bits per heavy atom. The maximum atomic E-state index is 13.7. The molecule has 3 aliphatic heterocycles. The highest BCUT2D eigenvalue weighted by molar-refractivity contribution is 5.99. The third-order valence-electron chi connectivity index (χ3n) is 7.85. The monoisotopic (exact) mass is 468 g/mol. The van der Waals surface area contributed by atoms with E-state index in [-0.39, 0.29) is 11.8 Å². The lowest BCUT2D eigenvalue weighted by atomic mass is 9.52. The molecule has 6 heteroatoms. The van der Waals surface area contributed by atoms with Crippen LogP contribution in [0.2, 0.25) is 0 Å². The third kappa shape index (κ3) is 2.71. The fourth-order valence-electron chi connectivity index (χ4n) is 6.57. The number of para-hydroxylation sites is 2. The Kier molecular flexibility index (Phi) is 4.56. The van der Waals surface area contributed by atoms with Crippen molar-refractivity contribution in [3.8, 4) is 11.5 Å². The molecule has 3 aromatic carbocycles. The van der Waals surface area contributed by atoms with Crippen LogP contribution in [0.3, 0.4) is 0 Å². The van der Waals surface area contributed by atoms with Gasteiger partial charge in [-0.2, -0.15) is 0 Å². The minimum absolute atomic E-state index is 0.0749. The molecule has 3 aromatic rings. The molecule has 2 amide bonds. The summed E-state index contributed by atoms with van der Waals surface area (Å²) in [5.74, 6) is 1.08. The van der Waals surface area contributed by atoms with Crippen molar-refractivity contribution in [3.05, 3.63) is 96.6 Å². The minimum Gasteiger partial charge on any atom is -0.478 e.